The van der Waals surface area contributed by atoms with Crippen LogP contribution >= 0.6 is 11.6 Å². The number of carbonyl (C=O) groups excluding carboxylic acids is 1. The Kier molecular flexibility index (Phi) is 4.64. The number of unbranched alkanes of at least 4 members (excludes halogenated alkanes) is 1. The zero-order valence-corrected chi connectivity index (χ0v) is 12.2. The zero-order valence-electron chi connectivity index (χ0n) is 11.5. The fraction of sp³-hybridized carbons (Fsp3) is 0.571. The second kappa shape index (κ2) is 6.24. The molecule has 0 radical (unpaired) electrons. The van der Waals surface area contributed by atoms with E-state index in [1.54, 1.807) is 10.9 Å². The maximum atomic E-state index is 12.3. The first kappa shape index (κ1) is 14.1. The average Bonchev–Trinajstić information content (AvgIpc) is 2.94. The lowest BCUT2D eigenvalue weighted by Crippen LogP contribution is -2.38. The molecule has 1 aromatic rings. The number of amides is 1. The van der Waals surface area contributed by atoms with Gasteiger partial charge in [0.15, 0.2) is 0 Å². The average molecular weight is 282 g/mol. The molecule has 1 amide bonds. The third-order valence-electron chi connectivity index (χ3n) is 3.42. The number of aryl methyl sites for hydroxylation is 1. The lowest BCUT2D eigenvalue weighted by Gasteiger charge is -2.24. The highest BCUT2D eigenvalue weighted by Crippen LogP contribution is 2.17. The highest BCUT2D eigenvalue weighted by molar-refractivity contribution is 6.31. The summed E-state index contributed by atoms with van der Waals surface area (Å²) in [5, 5.41) is 4.83. The molecule has 19 heavy (non-hydrogen) atoms. The van der Waals surface area contributed by atoms with E-state index in [0.29, 0.717) is 11.6 Å². The Morgan fingerprint density at radius 3 is 3.00 bits per heavy atom. The van der Waals surface area contributed by atoms with E-state index in [1.807, 2.05) is 11.8 Å². The van der Waals surface area contributed by atoms with Crippen LogP contribution in [0.1, 0.15) is 31.9 Å². The molecular formula is C14H20ClN3O. The summed E-state index contributed by atoms with van der Waals surface area (Å²) in [7, 11) is 0. The van der Waals surface area contributed by atoms with Crippen LogP contribution in [0.3, 0.4) is 0 Å². The maximum absolute atomic E-state index is 12.3. The third kappa shape index (κ3) is 3.38. The lowest BCUT2D eigenvalue weighted by molar-refractivity contribution is -0.132. The van der Waals surface area contributed by atoms with E-state index < -0.39 is 0 Å². The molecule has 1 atom stereocenters. The molecule has 2 rings (SSSR count). The van der Waals surface area contributed by atoms with Gasteiger partial charge in [0.05, 0.1) is 16.8 Å². The number of carbonyl (C=O) groups is 1. The van der Waals surface area contributed by atoms with E-state index in [4.69, 9.17) is 11.6 Å². The number of nitrogens with zero attached hydrogens (tertiary/aromatic N) is 3. The number of hydrogen-bond acceptors (Lipinski definition) is 2. The van der Waals surface area contributed by atoms with Crippen molar-refractivity contribution in [2.45, 2.75) is 45.7 Å². The van der Waals surface area contributed by atoms with Crippen molar-refractivity contribution in [3.8, 4) is 0 Å². The van der Waals surface area contributed by atoms with Crippen molar-refractivity contribution in [2.24, 2.45) is 0 Å². The Morgan fingerprint density at radius 1 is 1.58 bits per heavy atom. The zero-order chi connectivity index (χ0) is 13.8. The summed E-state index contributed by atoms with van der Waals surface area (Å²) >= 11 is 5.95. The van der Waals surface area contributed by atoms with Crippen molar-refractivity contribution < 1.29 is 4.79 Å². The molecule has 0 unspecified atom stereocenters. The largest absolute Gasteiger partial charge is 0.331 e. The quantitative estimate of drug-likeness (QED) is 0.779. The maximum Gasteiger partial charge on any atom is 0.245 e. The van der Waals surface area contributed by atoms with Crippen LogP contribution in [0.25, 0.3) is 0 Å². The van der Waals surface area contributed by atoms with E-state index in [-0.39, 0.29) is 18.5 Å². The van der Waals surface area contributed by atoms with Gasteiger partial charge < -0.3 is 4.90 Å². The smallest absolute Gasteiger partial charge is 0.245 e. The summed E-state index contributed by atoms with van der Waals surface area (Å²) in [5.74, 6) is 0.102. The van der Waals surface area contributed by atoms with Gasteiger partial charge in [-0.25, -0.2) is 0 Å². The molecule has 0 aliphatic carbocycles. The number of aromatic nitrogens is 2. The minimum atomic E-state index is 0.102. The van der Waals surface area contributed by atoms with Gasteiger partial charge in [-0.05, 0) is 13.3 Å². The molecule has 4 nitrogen and oxygen atoms in total. The lowest BCUT2D eigenvalue weighted by atomic mass is 10.1. The topological polar surface area (TPSA) is 38.1 Å². The first-order valence-electron chi connectivity index (χ1n) is 6.77. The molecule has 2 heterocycles. The normalized spacial score (nSPS) is 18.3. The van der Waals surface area contributed by atoms with Gasteiger partial charge in [-0.2, -0.15) is 5.10 Å². The Balaban J connectivity index is 1.95. The van der Waals surface area contributed by atoms with Gasteiger partial charge in [-0.15, -0.1) is 0 Å². The Hall–Kier alpha value is -1.29. The molecule has 0 aromatic carbocycles. The fourth-order valence-corrected chi connectivity index (χ4v) is 2.48. The van der Waals surface area contributed by atoms with E-state index in [0.717, 1.165) is 25.0 Å². The van der Waals surface area contributed by atoms with Crippen molar-refractivity contribution in [1.82, 2.24) is 14.7 Å². The molecule has 0 bridgehead atoms. The van der Waals surface area contributed by atoms with Crippen LogP contribution in [-0.2, 0) is 11.3 Å². The summed E-state index contributed by atoms with van der Waals surface area (Å²) in [4.78, 5) is 14.2. The van der Waals surface area contributed by atoms with Crippen molar-refractivity contribution >= 4 is 17.5 Å². The second-order valence-electron chi connectivity index (χ2n) is 4.94. The van der Waals surface area contributed by atoms with Gasteiger partial charge in [-0.3, -0.25) is 9.48 Å². The monoisotopic (exact) mass is 281 g/mol. The van der Waals surface area contributed by atoms with E-state index in [2.05, 4.69) is 24.2 Å². The summed E-state index contributed by atoms with van der Waals surface area (Å²) in [6.07, 6.45) is 9.25. The molecule has 0 fully saturated rings. The fourth-order valence-electron chi connectivity index (χ4n) is 2.33. The van der Waals surface area contributed by atoms with Crippen LogP contribution in [0, 0.1) is 6.92 Å². The SMILES string of the molecule is CCCC[C@@H]1C=CCN1C(=O)Cn1cc(Cl)c(C)n1. The van der Waals surface area contributed by atoms with Gasteiger partial charge in [-0.1, -0.05) is 43.5 Å². The van der Waals surface area contributed by atoms with Gasteiger partial charge >= 0.3 is 0 Å². The van der Waals surface area contributed by atoms with Crippen LogP contribution in [0.2, 0.25) is 5.02 Å². The second-order valence-corrected chi connectivity index (χ2v) is 5.35. The summed E-state index contributed by atoms with van der Waals surface area (Å²) in [6, 6.07) is 0.250. The standard InChI is InChI=1S/C14H20ClN3O/c1-3-4-6-12-7-5-8-18(12)14(19)10-17-9-13(15)11(2)16-17/h5,7,9,12H,3-4,6,8,10H2,1-2H3/t12-/m1/s1. The number of rotatable bonds is 5. The third-order valence-corrected chi connectivity index (χ3v) is 3.79. The summed E-state index contributed by atoms with van der Waals surface area (Å²) < 4.78 is 1.62. The highest BCUT2D eigenvalue weighted by Gasteiger charge is 2.24. The minimum absolute atomic E-state index is 0.102. The van der Waals surface area contributed by atoms with Crippen LogP contribution in [0.5, 0.6) is 0 Å². The van der Waals surface area contributed by atoms with Crippen LogP contribution in [0.4, 0.5) is 0 Å². The Bertz CT molecular complexity index is 462. The molecule has 5 heteroatoms. The van der Waals surface area contributed by atoms with Crippen molar-refractivity contribution in [3.63, 3.8) is 0 Å². The van der Waals surface area contributed by atoms with Crippen LogP contribution < -0.4 is 0 Å². The predicted octanol–water partition coefficient (Wildman–Crippen LogP) is 2.80. The van der Waals surface area contributed by atoms with Crippen LogP contribution in [-0.4, -0.2) is 33.2 Å². The highest BCUT2D eigenvalue weighted by atomic mass is 35.5. The minimum Gasteiger partial charge on any atom is -0.331 e. The molecule has 1 aromatic heterocycles. The first-order chi connectivity index (χ1) is 9.11. The van der Waals surface area contributed by atoms with Gasteiger partial charge in [0, 0.05) is 12.7 Å². The van der Waals surface area contributed by atoms with Crippen molar-refractivity contribution in [3.05, 3.63) is 29.1 Å². The van der Waals surface area contributed by atoms with E-state index >= 15 is 0 Å². The van der Waals surface area contributed by atoms with Gasteiger partial charge in [0.25, 0.3) is 0 Å². The molecule has 1 aliphatic rings. The molecule has 1 aliphatic heterocycles. The Labute approximate surface area is 119 Å². The number of halogens is 1. The Morgan fingerprint density at radius 2 is 2.37 bits per heavy atom. The van der Waals surface area contributed by atoms with E-state index in [9.17, 15) is 4.79 Å². The number of hydrogen-bond donors (Lipinski definition) is 0. The predicted molar refractivity (Wildman–Crippen MR) is 76.1 cm³/mol. The summed E-state index contributed by atoms with van der Waals surface area (Å²) in [5.41, 5.74) is 0.761. The molecule has 0 saturated carbocycles. The van der Waals surface area contributed by atoms with Gasteiger partial charge in [0.2, 0.25) is 5.91 Å². The molecular weight excluding hydrogens is 262 g/mol. The van der Waals surface area contributed by atoms with Gasteiger partial charge in [0.1, 0.15) is 6.54 Å². The molecule has 0 saturated heterocycles. The molecule has 0 spiro atoms. The van der Waals surface area contributed by atoms with Crippen molar-refractivity contribution in [1.29, 1.82) is 0 Å². The van der Waals surface area contributed by atoms with Crippen LogP contribution in [0.15, 0.2) is 18.3 Å². The summed E-state index contributed by atoms with van der Waals surface area (Å²) in [6.45, 7) is 4.98. The first-order valence-corrected chi connectivity index (χ1v) is 7.15. The molecule has 104 valence electrons. The molecule has 0 N–H and O–H groups in total. The van der Waals surface area contributed by atoms with E-state index in [1.165, 1.54) is 0 Å². The van der Waals surface area contributed by atoms with Crippen molar-refractivity contribution in [2.75, 3.05) is 6.54 Å².